The lowest BCUT2D eigenvalue weighted by atomic mass is 10.0. The molecule has 0 aromatic heterocycles. The average Bonchev–Trinajstić information content (AvgIpc) is 3.04. The molecule has 0 rings (SSSR count). The molecular weight excluding hydrogens is 603 g/mol. The average molecular weight is 677 g/mol. The molecule has 0 saturated carbocycles. The number of phosphoric acid groups is 1. The molecule has 10 heteroatoms. The minimum atomic E-state index is -4.40. The molecule has 0 saturated heterocycles. The maximum Gasteiger partial charge on any atom is 0.472 e. The lowest BCUT2D eigenvalue weighted by Crippen LogP contribution is -2.49. The van der Waals surface area contributed by atoms with E-state index in [0.717, 1.165) is 38.5 Å². The first-order valence-corrected chi connectivity index (χ1v) is 20.4. The minimum Gasteiger partial charge on any atom is -0.387 e. The molecule has 1 amide bonds. The molecule has 0 aliphatic heterocycles. The number of allylic oxidation sites excluding steroid dienone is 1. The first-order valence-electron chi connectivity index (χ1n) is 18.9. The van der Waals surface area contributed by atoms with Crippen molar-refractivity contribution in [3.8, 4) is 0 Å². The number of carbonyl (C=O) groups is 1. The number of hydrogen-bond acceptors (Lipinski definition) is 7. The molecule has 0 aliphatic rings. The second-order valence-electron chi connectivity index (χ2n) is 12.9. The fourth-order valence-corrected chi connectivity index (χ4v) is 6.25. The fraction of sp³-hybridized carbons (Fsp3) is 0.917. The van der Waals surface area contributed by atoms with E-state index in [9.17, 15) is 24.5 Å². The standard InChI is InChI=1S/C36H73N2O7P/c1-3-5-7-9-11-13-14-15-16-17-18-19-21-23-25-27-29-35(40)36(41)38-33(32-45-46(42,43)44-31-30-37)34(39)28-26-24-22-20-12-10-8-6-4-2/h26,28,33-35,39-40H,3-25,27,29-32,37H2,1-2H3,(H,38,41)(H,42,43)/b28-26+/t33-,34+,35?/m0/s1. The van der Waals surface area contributed by atoms with Crippen LogP contribution in [0.15, 0.2) is 12.2 Å². The van der Waals surface area contributed by atoms with E-state index >= 15 is 0 Å². The molecule has 9 nitrogen and oxygen atoms in total. The fourth-order valence-electron chi connectivity index (χ4n) is 5.49. The van der Waals surface area contributed by atoms with Crippen molar-refractivity contribution in [2.24, 2.45) is 5.73 Å². The molecule has 0 aromatic rings. The highest BCUT2D eigenvalue weighted by Gasteiger charge is 2.28. The Hall–Kier alpha value is -0.800. The molecule has 0 heterocycles. The van der Waals surface area contributed by atoms with Gasteiger partial charge in [0.1, 0.15) is 6.10 Å². The van der Waals surface area contributed by atoms with Gasteiger partial charge in [-0.25, -0.2) is 4.57 Å². The third-order valence-corrected chi connectivity index (χ3v) is 9.46. The van der Waals surface area contributed by atoms with Crippen molar-refractivity contribution in [1.29, 1.82) is 0 Å². The quantitative estimate of drug-likeness (QED) is 0.0254. The van der Waals surface area contributed by atoms with E-state index in [4.69, 9.17) is 14.8 Å². The second-order valence-corrected chi connectivity index (χ2v) is 14.4. The summed E-state index contributed by atoms with van der Waals surface area (Å²) < 4.78 is 21.9. The monoisotopic (exact) mass is 677 g/mol. The molecule has 46 heavy (non-hydrogen) atoms. The Morgan fingerprint density at radius 1 is 0.717 bits per heavy atom. The zero-order valence-corrected chi connectivity index (χ0v) is 30.6. The van der Waals surface area contributed by atoms with Crippen LogP contribution in [-0.2, 0) is 18.4 Å². The van der Waals surface area contributed by atoms with Gasteiger partial charge < -0.3 is 26.2 Å². The van der Waals surface area contributed by atoms with Gasteiger partial charge in [-0.2, -0.15) is 0 Å². The number of hydrogen-bond donors (Lipinski definition) is 5. The Bertz CT molecular complexity index is 756. The van der Waals surface area contributed by atoms with Gasteiger partial charge in [0.25, 0.3) is 0 Å². The topological polar surface area (TPSA) is 151 Å². The maximum absolute atomic E-state index is 12.7. The Morgan fingerprint density at radius 3 is 1.61 bits per heavy atom. The van der Waals surface area contributed by atoms with Crippen molar-refractivity contribution in [1.82, 2.24) is 5.32 Å². The first-order chi connectivity index (χ1) is 22.3. The van der Waals surface area contributed by atoms with Crippen LogP contribution in [0.3, 0.4) is 0 Å². The van der Waals surface area contributed by atoms with Crippen molar-refractivity contribution in [3.63, 3.8) is 0 Å². The molecule has 0 aliphatic carbocycles. The summed E-state index contributed by atoms with van der Waals surface area (Å²) in [6, 6.07) is -1.03. The number of aliphatic hydroxyl groups is 2. The van der Waals surface area contributed by atoms with Crippen LogP contribution in [0.25, 0.3) is 0 Å². The van der Waals surface area contributed by atoms with E-state index in [0.29, 0.717) is 6.42 Å². The number of unbranched alkanes of at least 4 members (excludes halogenated alkanes) is 22. The number of amides is 1. The molecular formula is C36H73N2O7P. The maximum atomic E-state index is 12.7. The summed E-state index contributed by atoms with van der Waals surface area (Å²) in [5.41, 5.74) is 5.33. The van der Waals surface area contributed by atoms with Crippen molar-refractivity contribution in [2.75, 3.05) is 19.8 Å². The van der Waals surface area contributed by atoms with Gasteiger partial charge in [0.05, 0.1) is 25.4 Å². The number of nitrogens with two attached hydrogens (primary N) is 1. The third-order valence-electron chi connectivity index (χ3n) is 8.47. The van der Waals surface area contributed by atoms with Crippen molar-refractivity contribution >= 4 is 13.7 Å². The predicted octanol–water partition coefficient (Wildman–Crippen LogP) is 8.63. The van der Waals surface area contributed by atoms with Crippen LogP contribution >= 0.6 is 7.82 Å². The highest BCUT2D eigenvalue weighted by molar-refractivity contribution is 7.47. The van der Waals surface area contributed by atoms with Gasteiger partial charge >= 0.3 is 7.82 Å². The summed E-state index contributed by atoms with van der Waals surface area (Å²) in [6.07, 6.45) is 30.5. The number of aliphatic hydroxyl groups excluding tert-OH is 2. The molecule has 6 N–H and O–H groups in total. The Morgan fingerprint density at radius 2 is 1.15 bits per heavy atom. The van der Waals surface area contributed by atoms with Crippen molar-refractivity contribution in [3.05, 3.63) is 12.2 Å². The molecule has 0 fully saturated rings. The van der Waals surface area contributed by atoms with Gasteiger partial charge in [-0.15, -0.1) is 0 Å². The van der Waals surface area contributed by atoms with Gasteiger partial charge in [-0.1, -0.05) is 167 Å². The Balaban J connectivity index is 4.34. The summed E-state index contributed by atoms with van der Waals surface area (Å²) in [6.45, 7) is 3.88. The number of rotatable bonds is 35. The van der Waals surface area contributed by atoms with Crippen molar-refractivity contribution in [2.45, 2.75) is 193 Å². The summed E-state index contributed by atoms with van der Waals surface area (Å²) in [4.78, 5) is 22.6. The SMILES string of the molecule is CCCCCCCCC/C=C/[C@@H](O)[C@H](COP(=O)(O)OCCN)NC(=O)C(O)CCCCCCCCCCCCCCCCCC. The Labute approximate surface area is 282 Å². The van der Waals surface area contributed by atoms with Gasteiger partial charge in [-0.05, 0) is 19.3 Å². The van der Waals surface area contributed by atoms with Gasteiger partial charge in [0, 0.05) is 6.54 Å². The first kappa shape index (κ1) is 45.2. The molecule has 2 unspecified atom stereocenters. The van der Waals surface area contributed by atoms with Crippen LogP contribution < -0.4 is 11.1 Å². The predicted molar refractivity (Wildman–Crippen MR) is 191 cm³/mol. The lowest BCUT2D eigenvalue weighted by Gasteiger charge is -2.24. The lowest BCUT2D eigenvalue weighted by molar-refractivity contribution is -0.131. The highest BCUT2D eigenvalue weighted by Crippen LogP contribution is 2.43. The second kappa shape index (κ2) is 32.7. The molecule has 0 bridgehead atoms. The van der Waals surface area contributed by atoms with Crippen LogP contribution in [0.5, 0.6) is 0 Å². The van der Waals surface area contributed by atoms with E-state index in [-0.39, 0.29) is 13.2 Å². The van der Waals surface area contributed by atoms with Gasteiger partial charge in [-0.3, -0.25) is 13.8 Å². The summed E-state index contributed by atoms with van der Waals surface area (Å²) in [5.74, 6) is -0.635. The highest BCUT2D eigenvalue weighted by atomic mass is 31.2. The third kappa shape index (κ3) is 29.3. The van der Waals surface area contributed by atoms with Gasteiger partial charge in [0.15, 0.2) is 0 Å². The van der Waals surface area contributed by atoms with E-state index in [2.05, 4.69) is 19.2 Å². The molecule has 4 atom stereocenters. The number of phosphoric ester groups is 1. The summed E-state index contributed by atoms with van der Waals surface area (Å²) in [5, 5.41) is 23.8. The zero-order valence-electron chi connectivity index (χ0n) is 29.7. The van der Waals surface area contributed by atoms with Crippen molar-refractivity contribution < 1.29 is 33.5 Å². The van der Waals surface area contributed by atoms with Crippen LogP contribution in [-0.4, -0.2) is 59.0 Å². The zero-order chi connectivity index (χ0) is 34.1. The van der Waals surface area contributed by atoms with E-state index in [1.165, 1.54) is 116 Å². The van der Waals surface area contributed by atoms with Crippen LogP contribution in [0, 0.1) is 0 Å². The smallest absolute Gasteiger partial charge is 0.387 e. The number of carbonyl (C=O) groups excluding carboxylic acids is 1. The van der Waals surface area contributed by atoms with Crippen LogP contribution in [0.4, 0.5) is 0 Å². The molecule has 0 aromatic carbocycles. The van der Waals surface area contributed by atoms with E-state index < -0.39 is 38.6 Å². The normalized spacial score (nSPS) is 15.2. The van der Waals surface area contributed by atoms with E-state index in [1.54, 1.807) is 6.08 Å². The van der Waals surface area contributed by atoms with Crippen LogP contribution in [0.2, 0.25) is 0 Å². The number of nitrogens with one attached hydrogen (secondary N) is 1. The Kier molecular flexibility index (Phi) is 32.2. The van der Waals surface area contributed by atoms with E-state index in [1.807, 2.05) is 6.08 Å². The molecule has 274 valence electrons. The summed E-state index contributed by atoms with van der Waals surface area (Å²) in [7, 11) is -4.40. The molecule has 0 radical (unpaired) electrons. The van der Waals surface area contributed by atoms with Gasteiger partial charge in [0.2, 0.25) is 5.91 Å². The summed E-state index contributed by atoms with van der Waals surface area (Å²) >= 11 is 0. The van der Waals surface area contributed by atoms with Crippen LogP contribution in [0.1, 0.15) is 174 Å². The molecule has 0 spiro atoms. The largest absolute Gasteiger partial charge is 0.472 e. The minimum absolute atomic E-state index is 0.0452.